The minimum Gasteiger partial charge on any atom is -0.345 e. The third-order valence-corrected chi connectivity index (χ3v) is 4.97. The number of rotatable bonds is 4. The summed E-state index contributed by atoms with van der Waals surface area (Å²) in [4.78, 5) is 9.66. The van der Waals surface area contributed by atoms with Crippen LogP contribution in [-0.2, 0) is 0 Å². The highest BCUT2D eigenvalue weighted by molar-refractivity contribution is 7.13. The Morgan fingerprint density at radius 3 is 2.84 bits per heavy atom. The predicted molar refractivity (Wildman–Crippen MR) is 83.1 cm³/mol. The van der Waals surface area contributed by atoms with Gasteiger partial charge in [0.2, 0.25) is 0 Å². The Morgan fingerprint density at radius 2 is 2.21 bits per heavy atom. The van der Waals surface area contributed by atoms with E-state index in [0.29, 0.717) is 6.04 Å². The highest BCUT2D eigenvalue weighted by Crippen LogP contribution is 2.28. The van der Waals surface area contributed by atoms with E-state index in [1.165, 1.54) is 10.8 Å². The minimum absolute atomic E-state index is 0.220. The molecule has 1 atom stereocenters. The minimum atomic E-state index is 0.220. The lowest BCUT2D eigenvalue weighted by Gasteiger charge is -2.45. The van der Waals surface area contributed by atoms with Crippen LogP contribution in [0.2, 0.25) is 0 Å². The molecule has 108 valence electrons. The Hall–Kier alpha value is -0.650. The first-order valence-corrected chi connectivity index (χ1v) is 7.97. The Kier molecular flexibility index (Phi) is 4.48. The number of likely N-dealkylation sites (N-methyl/N-ethyl adjacent to an activating group) is 1. The number of anilines is 1. The maximum absolute atomic E-state index is 4.81. The Labute approximate surface area is 120 Å². The van der Waals surface area contributed by atoms with Gasteiger partial charge in [-0.25, -0.2) is 4.98 Å². The van der Waals surface area contributed by atoms with Crippen molar-refractivity contribution in [1.29, 1.82) is 0 Å². The maximum Gasteiger partial charge on any atom is 0.185 e. The van der Waals surface area contributed by atoms with Crippen LogP contribution in [0.3, 0.4) is 0 Å². The first-order chi connectivity index (χ1) is 8.94. The number of thiazole rings is 1. The molecule has 2 rings (SSSR count). The number of nitrogens with one attached hydrogen (secondary N) is 1. The summed E-state index contributed by atoms with van der Waals surface area (Å²) in [5.41, 5.74) is 1.38. The molecule has 0 amide bonds. The van der Waals surface area contributed by atoms with Crippen molar-refractivity contribution >= 4 is 16.5 Å². The van der Waals surface area contributed by atoms with Gasteiger partial charge in [-0.15, -0.1) is 11.3 Å². The van der Waals surface area contributed by atoms with Gasteiger partial charge in [0.1, 0.15) is 0 Å². The van der Waals surface area contributed by atoms with Gasteiger partial charge in [-0.3, -0.25) is 4.90 Å². The van der Waals surface area contributed by atoms with E-state index in [0.717, 1.165) is 26.2 Å². The topological polar surface area (TPSA) is 31.4 Å². The fourth-order valence-corrected chi connectivity index (χ4v) is 3.38. The van der Waals surface area contributed by atoms with Gasteiger partial charge in [0.05, 0.1) is 5.69 Å². The third-order valence-electron chi connectivity index (χ3n) is 4.05. The van der Waals surface area contributed by atoms with Gasteiger partial charge in [-0.1, -0.05) is 6.92 Å². The van der Waals surface area contributed by atoms with Crippen LogP contribution in [0.15, 0.2) is 5.38 Å². The van der Waals surface area contributed by atoms with Crippen LogP contribution in [0, 0.1) is 0 Å². The second-order valence-corrected chi connectivity index (χ2v) is 6.83. The van der Waals surface area contributed by atoms with Gasteiger partial charge in [-0.2, -0.15) is 0 Å². The molecule has 0 bridgehead atoms. The summed E-state index contributed by atoms with van der Waals surface area (Å²) in [6, 6.07) is 0.343. The number of nitrogens with zero attached hydrogens (tertiary/aromatic N) is 3. The molecule has 5 heteroatoms. The van der Waals surface area contributed by atoms with Crippen molar-refractivity contribution in [2.45, 2.75) is 39.3 Å². The number of aromatic nitrogens is 1. The first kappa shape index (κ1) is 14.8. The van der Waals surface area contributed by atoms with Crippen molar-refractivity contribution < 1.29 is 0 Å². The Bertz CT molecular complexity index is 415. The molecule has 1 N–H and O–H groups in total. The van der Waals surface area contributed by atoms with Crippen molar-refractivity contribution in [3.8, 4) is 0 Å². The van der Waals surface area contributed by atoms with Gasteiger partial charge in [0.15, 0.2) is 5.13 Å². The summed E-state index contributed by atoms with van der Waals surface area (Å²) >= 11 is 1.77. The molecule has 1 aliphatic rings. The van der Waals surface area contributed by atoms with Crippen LogP contribution < -0.4 is 10.2 Å². The van der Waals surface area contributed by atoms with E-state index < -0.39 is 0 Å². The molecule has 1 aromatic rings. The molecule has 0 radical (unpaired) electrons. The molecule has 1 saturated heterocycles. The monoisotopic (exact) mass is 282 g/mol. The summed E-state index contributed by atoms with van der Waals surface area (Å²) in [6.45, 7) is 13.1. The molecular weight excluding hydrogens is 256 g/mol. The predicted octanol–water partition coefficient (Wildman–Crippen LogP) is 2.34. The molecule has 0 aromatic carbocycles. The molecule has 1 unspecified atom stereocenters. The van der Waals surface area contributed by atoms with Crippen molar-refractivity contribution in [2.24, 2.45) is 0 Å². The van der Waals surface area contributed by atoms with E-state index in [2.05, 4.69) is 55.2 Å². The molecule has 0 aliphatic carbocycles. The fraction of sp³-hybridized carbons (Fsp3) is 0.786. The van der Waals surface area contributed by atoms with Crippen LogP contribution in [0.4, 0.5) is 5.13 Å². The van der Waals surface area contributed by atoms with Gasteiger partial charge in [0, 0.05) is 36.6 Å². The third kappa shape index (κ3) is 3.27. The average Bonchev–Trinajstić information content (AvgIpc) is 2.82. The molecule has 4 nitrogen and oxygen atoms in total. The van der Waals surface area contributed by atoms with Gasteiger partial charge in [0.25, 0.3) is 0 Å². The zero-order chi connectivity index (χ0) is 14.0. The Balaban J connectivity index is 2.07. The second kappa shape index (κ2) is 5.77. The van der Waals surface area contributed by atoms with Crippen LogP contribution in [0.1, 0.15) is 39.4 Å². The van der Waals surface area contributed by atoms with Gasteiger partial charge >= 0.3 is 0 Å². The van der Waals surface area contributed by atoms with E-state index in [1.807, 2.05) is 0 Å². The number of piperazine rings is 1. The lowest BCUT2D eigenvalue weighted by atomic mass is 10.0. The molecule has 0 saturated carbocycles. The highest BCUT2D eigenvalue weighted by Gasteiger charge is 2.32. The van der Waals surface area contributed by atoms with Crippen LogP contribution in [0.5, 0.6) is 0 Å². The van der Waals surface area contributed by atoms with E-state index in [1.54, 1.807) is 11.3 Å². The summed E-state index contributed by atoms with van der Waals surface area (Å²) in [5, 5.41) is 6.77. The standard InChI is InChI=1S/C14H26N4S/c1-6-15-11(2)12-9-19-13(16-12)18-8-7-17(5)14(3,4)10-18/h9,11,15H,6-8,10H2,1-5H3. The maximum atomic E-state index is 4.81. The zero-order valence-electron chi connectivity index (χ0n) is 12.7. The molecular formula is C14H26N4S. The van der Waals surface area contributed by atoms with Crippen LogP contribution in [0.25, 0.3) is 0 Å². The van der Waals surface area contributed by atoms with Crippen LogP contribution in [-0.4, -0.2) is 48.6 Å². The molecule has 1 aliphatic heterocycles. The summed E-state index contributed by atoms with van der Waals surface area (Å²) in [6.07, 6.45) is 0. The summed E-state index contributed by atoms with van der Waals surface area (Å²) in [7, 11) is 2.21. The summed E-state index contributed by atoms with van der Waals surface area (Å²) < 4.78 is 0. The second-order valence-electron chi connectivity index (χ2n) is 5.99. The quantitative estimate of drug-likeness (QED) is 0.918. The average molecular weight is 282 g/mol. The molecule has 1 fully saturated rings. The first-order valence-electron chi connectivity index (χ1n) is 7.09. The van der Waals surface area contributed by atoms with Crippen molar-refractivity contribution in [3.63, 3.8) is 0 Å². The van der Waals surface area contributed by atoms with E-state index in [4.69, 9.17) is 4.98 Å². The van der Waals surface area contributed by atoms with Crippen molar-refractivity contribution in [1.82, 2.24) is 15.2 Å². The molecule has 1 aromatic heterocycles. The van der Waals surface area contributed by atoms with Gasteiger partial charge < -0.3 is 10.2 Å². The normalized spacial score (nSPS) is 21.6. The fourth-order valence-electron chi connectivity index (χ4n) is 2.43. The SMILES string of the molecule is CCNC(C)c1csc(N2CCN(C)C(C)(C)C2)n1. The lowest BCUT2D eigenvalue weighted by molar-refractivity contribution is 0.139. The molecule has 2 heterocycles. The zero-order valence-corrected chi connectivity index (χ0v) is 13.5. The molecule has 19 heavy (non-hydrogen) atoms. The lowest BCUT2D eigenvalue weighted by Crippen LogP contribution is -2.57. The van der Waals surface area contributed by atoms with E-state index in [-0.39, 0.29) is 5.54 Å². The van der Waals surface area contributed by atoms with Gasteiger partial charge in [-0.05, 0) is 34.4 Å². The van der Waals surface area contributed by atoms with Crippen molar-refractivity contribution in [2.75, 3.05) is 38.1 Å². The highest BCUT2D eigenvalue weighted by atomic mass is 32.1. The molecule has 0 spiro atoms. The van der Waals surface area contributed by atoms with Crippen LogP contribution >= 0.6 is 11.3 Å². The Morgan fingerprint density at radius 1 is 1.47 bits per heavy atom. The summed E-state index contributed by atoms with van der Waals surface area (Å²) in [5.74, 6) is 0. The number of hydrogen-bond acceptors (Lipinski definition) is 5. The smallest absolute Gasteiger partial charge is 0.185 e. The van der Waals surface area contributed by atoms with E-state index in [9.17, 15) is 0 Å². The largest absolute Gasteiger partial charge is 0.345 e. The van der Waals surface area contributed by atoms with E-state index >= 15 is 0 Å². The number of hydrogen-bond donors (Lipinski definition) is 1. The van der Waals surface area contributed by atoms with Crippen molar-refractivity contribution in [3.05, 3.63) is 11.1 Å².